The molecule has 0 radical (unpaired) electrons. The summed E-state index contributed by atoms with van der Waals surface area (Å²) in [5.74, 6) is -2.73. The summed E-state index contributed by atoms with van der Waals surface area (Å²) >= 11 is 0. The summed E-state index contributed by atoms with van der Waals surface area (Å²) in [4.78, 5) is 37.2. The second-order valence-corrected chi connectivity index (χ2v) is 8.43. The highest BCUT2D eigenvalue weighted by Gasteiger charge is 2.29. The van der Waals surface area contributed by atoms with Crippen LogP contribution < -0.4 is 15.8 Å². The smallest absolute Gasteiger partial charge is 0.335 e. The standard InChI is InChI=1S/C19H28N6O2.C4H6O6.2H2O/c1-24-19(22-18(23-24)17(20)26)21-9-6-12-27-16-8-5-7-15(13-16)14-25-10-3-2-4-11-25;5-1(3(7)8)2(6)4(9)10;;/h5,7-8,13H,2-4,6,9-12,14H2,1H3,(H2,20,26)(H,21,22,23);1-2,5-6H,(H,7,8)(H,9,10);2*1H2. The van der Waals surface area contributed by atoms with Gasteiger partial charge in [-0.25, -0.2) is 14.3 Å². The molecule has 2 aromatic rings. The van der Waals surface area contributed by atoms with E-state index in [1.54, 1.807) is 7.05 Å². The van der Waals surface area contributed by atoms with Gasteiger partial charge in [0, 0.05) is 20.1 Å². The Balaban J connectivity index is 0.00000104. The number of carboxylic acid groups (broad SMARTS) is 2. The highest BCUT2D eigenvalue weighted by molar-refractivity contribution is 5.89. The second-order valence-electron chi connectivity index (χ2n) is 8.43. The number of aliphatic hydroxyl groups is 2. The molecular weight excluding hydrogens is 520 g/mol. The van der Waals surface area contributed by atoms with Crippen LogP contribution in [-0.2, 0) is 23.2 Å². The Morgan fingerprint density at radius 2 is 1.69 bits per heavy atom. The number of nitrogens with zero attached hydrogens (tertiary/aromatic N) is 4. The second kappa shape index (κ2) is 17.6. The van der Waals surface area contributed by atoms with E-state index in [1.165, 1.54) is 42.6 Å². The molecule has 1 aliphatic rings. The number of benzene rings is 1. The van der Waals surface area contributed by atoms with Crippen LogP contribution in [-0.4, -0.2) is 107 Å². The lowest BCUT2D eigenvalue weighted by Gasteiger charge is -2.26. The number of likely N-dealkylation sites (tertiary alicyclic amines) is 1. The van der Waals surface area contributed by atoms with Crippen molar-refractivity contribution >= 4 is 23.8 Å². The first kappa shape index (κ1) is 35.2. The van der Waals surface area contributed by atoms with Gasteiger partial charge in [-0.3, -0.25) is 9.69 Å². The first-order valence-corrected chi connectivity index (χ1v) is 11.8. The number of aryl methyl sites for hydroxylation is 1. The lowest BCUT2D eigenvalue weighted by Crippen LogP contribution is -2.39. The van der Waals surface area contributed by atoms with E-state index in [9.17, 15) is 14.4 Å². The monoisotopic (exact) mass is 558 g/mol. The topological polar surface area (TPSA) is 276 Å². The van der Waals surface area contributed by atoms with Crippen molar-refractivity contribution in [3.63, 3.8) is 0 Å². The first-order chi connectivity index (χ1) is 17.6. The van der Waals surface area contributed by atoms with Gasteiger partial charge in [0.2, 0.25) is 11.8 Å². The zero-order valence-electron chi connectivity index (χ0n) is 21.6. The fraction of sp³-hybridized carbons (Fsp3) is 0.522. The van der Waals surface area contributed by atoms with Crippen molar-refractivity contribution in [1.29, 1.82) is 0 Å². The van der Waals surface area contributed by atoms with E-state index < -0.39 is 30.1 Å². The van der Waals surface area contributed by atoms with Crippen molar-refractivity contribution in [2.75, 3.05) is 31.6 Å². The number of hydrogen-bond donors (Lipinski definition) is 6. The molecule has 2 atom stereocenters. The molecule has 11 N–H and O–H groups in total. The fourth-order valence-corrected chi connectivity index (χ4v) is 3.48. The molecule has 1 saturated heterocycles. The van der Waals surface area contributed by atoms with Gasteiger partial charge in [-0.15, -0.1) is 5.10 Å². The lowest BCUT2D eigenvalue weighted by molar-refractivity contribution is -0.165. The molecule has 16 nitrogen and oxygen atoms in total. The molecule has 0 aliphatic carbocycles. The van der Waals surface area contributed by atoms with Crippen molar-refractivity contribution in [2.45, 2.75) is 44.4 Å². The number of piperidine rings is 1. The minimum absolute atomic E-state index is 0. The van der Waals surface area contributed by atoms with Gasteiger partial charge in [-0.05, 0) is 50.0 Å². The van der Waals surface area contributed by atoms with Crippen LogP contribution in [0.5, 0.6) is 5.75 Å². The quantitative estimate of drug-likeness (QED) is 0.154. The highest BCUT2D eigenvalue weighted by atomic mass is 16.5. The third-order valence-electron chi connectivity index (χ3n) is 5.41. The number of carboxylic acids is 2. The van der Waals surface area contributed by atoms with E-state index in [0.717, 1.165) is 18.7 Å². The van der Waals surface area contributed by atoms with Crippen LogP contribution >= 0.6 is 0 Å². The maximum absolute atomic E-state index is 11.1. The summed E-state index contributed by atoms with van der Waals surface area (Å²) in [5.41, 5.74) is 6.48. The molecule has 1 aromatic heterocycles. The Hall–Kier alpha value is -3.83. The Kier molecular flexibility index (Phi) is 15.9. The lowest BCUT2D eigenvalue weighted by atomic mass is 10.1. The maximum Gasteiger partial charge on any atom is 0.335 e. The van der Waals surface area contributed by atoms with Crippen molar-refractivity contribution in [1.82, 2.24) is 19.7 Å². The highest BCUT2D eigenvalue weighted by Crippen LogP contribution is 2.17. The largest absolute Gasteiger partial charge is 0.494 e. The molecule has 1 fully saturated rings. The summed E-state index contributed by atoms with van der Waals surface area (Å²) in [5, 5.41) is 39.6. The van der Waals surface area contributed by atoms with Crippen molar-refractivity contribution in [3.8, 4) is 5.75 Å². The molecule has 0 saturated carbocycles. The van der Waals surface area contributed by atoms with Gasteiger partial charge in [-0.2, -0.15) is 4.98 Å². The van der Waals surface area contributed by atoms with Gasteiger partial charge in [0.25, 0.3) is 5.91 Å². The number of primary amides is 1. The Morgan fingerprint density at radius 1 is 1.08 bits per heavy atom. The number of carbonyl (C=O) groups excluding carboxylic acids is 1. The SMILES string of the molecule is Cn1nc(C(N)=O)nc1NCCCOc1cccc(CN2CCCCC2)c1.O.O.O=C(O)C(O)C(O)C(=O)O. The number of nitrogens with two attached hydrogens (primary N) is 1. The van der Waals surface area contributed by atoms with Crippen LogP contribution in [0.15, 0.2) is 24.3 Å². The number of aromatic nitrogens is 3. The minimum Gasteiger partial charge on any atom is -0.494 e. The van der Waals surface area contributed by atoms with E-state index in [4.69, 9.17) is 30.9 Å². The minimum atomic E-state index is -2.27. The van der Waals surface area contributed by atoms with Crippen molar-refractivity contribution < 1.29 is 50.5 Å². The summed E-state index contributed by atoms with van der Waals surface area (Å²) < 4.78 is 7.38. The number of carbonyl (C=O) groups is 3. The molecule has 1 aromatic carbocycles. The van der Waals surface area contributed by atoms with Crippen LogP contribution in [0.25, 0.3) is 0 Å². The molecule has 0 spiro atoms. The summed E-state index contributed by atoms with van der Waals surface area (Å²) in [6, 6.07) is 8.34. The summed E-state index contributed by atoms with van der Waals surface area (Å²) in [6.45, 7) is 4.64. The fourth-order valence-electron chi connectivity index (χ4n) is 3.48. The Bertz CT molecular complexity index is 1030. The van der Waals surface area contributed by atoms with E-state index in [0.29, 0.717) is 19.1 Å². The Morgan fingerprint density at radius 3 is 2.23 bits per heavy atom. The number of anilines is 1. The number of aliphatic carboxylic acids is 2. The van der Waals surface area contributed by atoms with E-state index in [-0.39, 0.29) is 16.8 Å². The molecule has 0 bridgehead atoms. The molecule has 220 valence electrons. The van der Waals surface area contributed by atoms with Crippen LogP contribution in [0.1, 0.15) is 41.9 Å². The molecule has 2 unspecified atom stereocenters. The van der Waals surface area contributed by atoms with Gasteiger partial charge in [0.05, 0.1) is 6.61 Å². The molecule has 3 rings (SSSR count). The van der Waals surface area contributed by atoms with Crippen molar-refractivity contribution in [3.05, 3.63) is 35.7 Å². The number of nitrogens with one attached hydrogen (secondary N) is 1. The zero-order valence-corrected chi connectivity index (χ0v) is 21.6. The number of aliphatic hydroxyl groups excluding tert-OH is 2. The molecule has 1 amide bonds. The number of rotatable bonds is 12. The van der Waals surface area contributed by atoms with Crippen LogP contribution in [0.2, 0.25) is 0 Å². The van der Waals surface area contributed by atoms with E-state index in [2.05, 4.69) is 38.5 Å². The van der Waals surface area contributed by atoms with Gasteiger partial charge in [0.15, 0.2) is 12.2 Å². The summed E-state index contributed by atoms with van der Waals surface area (Å²) in [6.07, 6.45) is 0.224. The average Bonchev–Trinajstić information content (AvgIpc) is 3.24. The predicted molar refractivity (Wildman–Crippen MR) is 138 cm³/mol. The predicted octanol–water partition coefficient (Wildman–Crippen LogP) is -1.99. The van der Waals surface area contributed by atoms with Gasteiger partial charge in [0.1, 0.15) is 5.75 Å². The number of amides is 1. The third kappa shape index (κ3) is 12.1. The van der Waals surface area contributed by atoms with Gasteiger partial charge in [-0.1, -0.05) is 18.6 Å². The normalized spacial score (nSPS) is 14.3. The molecule has 2 heterocycles. The molecular formula is C23H38N6O10. The van der Waals surface area contributed by atoms with Crippen LogP contribution in [0, 0.1) is 0 Å². The summed E-state index contributed by atoms with van der Waals surface area (Å²) in [7, 11) is 1.71. The average molecular weight is 559 g/mol. The number of ether oxygens (including phenoxy) is 1. The van der Waals surface area contributed by atoms with Crippen molar-refractivity contribution in [2.24, 2.45) is 12.8 Å². The third-order valence-corrected chi connectivity index (χ3v) is 5.41. The molecule has 1 aliphatic heterocycles. The number of hydrogen-bond acceptors (Lipinski definition) is 10. The molecule has 16 heteroatoms. The Labute approximate surface area is 224 Å². The van der Waals surface area contributed by atoms with Crippen LogP contribution in [0.3, 0.4) is 0 Å². The zero-order chi connectivity index (χ0) is 27.4. The van der Waals surface area contributed by atoms with E-state index >= 15 is 0 Å². The first-order valence-electron chi connectivity index (χ1n) is 11.8. The molecule has 39 heavy (non-hydrogen) atoms. The van der Waals surface area contributed by atoms with Crippen LogP contribution in [0.4, 0.5) is 5.95 Å². The maximum atomic E-state index is 11.1. The van der Waals surface area contributed by atoms with E-state index in [1.807, 2.05) is 6.07 Å². The van der Waals surface area contributed by atoms with Gasteiger partial charge >= 0.3 is 11.9 Å². The van der Waals surface area contributed by atoms with Gasteiger partial charge < -0.3 is 47.2 Å².